The molecule has 4 nitrogen and oxygen atoms in total. The number of halogens is 1. The zero-order valence-electron chi connectivity index (χ0n) is 10.7. The third-order valence-corrected chi connectivity index (χ3v) is 3.73. The minimum atomic E-state index is 0.120. The minimum absolute atomic E-state index is 0.120. The molecule has 0 bridgehead atoms. The number of nitrogens with zero attached hydrogens (tertiary/aromatic N) is 1. The molecule has 100 valence electrons. The molecule has 0 spiro atoms. The van der Waals surface area contributed by atoms with E-state index in [1.165, 1.54) is 0 Å². The highest BCUT2D eigenvalue weighted by Crippen LogP contribution is 2.24. The molecule has 1 heterocycles. The second kappa shape index (κ2) is 5.89. The average Bonchev–Trinajstić information content (AvgIpc) is 2.76. The lowest BCUT2D eigenvalue weighted by Crippen LogP contribution is -2.27. The number of methoxy groups -OCH3 is 2. The lowest BCUT2D eigenvalue weighted by atomic mass is 10.2. The van der Waals surface area contributed by atoms with Crippen molar-refractivity contribution in [3.05, 3.63) is 28.8 Å². The first-order valence-corrected chi connectivity index (χ1v) is 6.33. The quantitative estimate of drug-likeness (QED) is 0.847. The van der Waals surface area contributed by atoms with Gasteiger partial charge in [0.05, 0.1) is 12.2 Å². The van der Waals surface area contributed by atoms with Crippen LogP contribution in [0.5, 0.6) is 0 Å². The van der Waals surface area contributed by atoms with E-state index in [9.17, 15) is 0 Å². The van der Waals surface area contributed by atoms with Crippen LogP contribution in [-0.4, -0.2) is 44.4 Å². The molecule has 2 atom stereocenters. The van der Waals surface area contributed by atoms with Crippen molar-refractivity contribution in [2.45, 2.75) is 18.8 Å². The molecule has 1 fully saturated rings. The number of likely N-dealkylation sites (tertiary alicyclic amines) is 1. The van der Waals surface area contributed by atoms with Crippen molar-refractivity contribution in [1.29, 1.82) is 0 Å². The molecule has 5 heteroatoms. The molecular formula is C13H19ClN2O2. The summed E-state index contributed by atoms with van der Waals surface area (Å²) in [5.74, 6) is 0. The van der Waals surface area contributed by atoms with Crippen LogP contribution in [0.25, 0.3) is 0 Å². The van der Waals surface area contributed by atoms with E-state index in [1.54, 1.807) is 14.2 Å². The smallest absolute Gasteiger partial charge is 0.0971 e. The zero-order valence-corrected chi connectivity index (χ0v) is 11.5. The fraction of sp³-hybridized carbons (Fsp3) is 0.538. The standard InChI is InChI=1S/C13H19ClN2O2/c1-17-12-7-16(8-13(12)18-2)6-9-5-10(15)3-4-11(9)14/h3-5,12-13H,6-8,15H2,1-2H3. The molecule has 2 N–H and O–H groups in total. The van der Waals surface area contributed by atoms with Crippen LogP contribution in [0.1, 0.15) is 5.56 Å². The highest BCUT2D eigenvalue weighted by atomic mass is 35.5. The van der Waals surface area contributed by atoms with Gasteiger partial charge in [0.25, 0.3) is 0 Å². The van der Waals surface area contributed by atoms with Crippen molar-refractivity contribution < 1.29 is 9.47 Å². The maximum absolute atomic E-state index is 6.17. The third kappa shape index (κ3) is 2.95. The van der Waals surface area contributed by atoms with Gasteiger partial charge in [-0.2, -0.15) is 0 Å². The molecule has 2 unspecified atom stereocenters. The van der Waals surface area contributed by atoms with Gasteiger partial charge in [-0.1, -0.05) is 11.6 Å². The predicted octanol–water partition coefficient (Wildman–Crippen LogP) is 1.77. The Labute approximate surface area is 113 Å². The Morgan fingerprint density at radius 3 is 2.44 bits per heavy atom. The first-order chi connectivity index (χ1) is 8.63. The summed E-state index contributed by atoms with van der Waals surface area (Å²) in [6.07, 6.45) is 0.240. The fourth-order valence-electron chi connectivity index (χ4n) is 2.36. The Balaban J connectivity index is 2.04. The molecule has 0 radical (unpaired) electrons. The highest BCUT2D eigenvalue weighted by Gasteiger charge is 2.32. The Morgan fingerprint density at radius 2 is 1.89 bits per heavy atom. The predicted molar refractivity (Wildman–Crippen MR) is 72.7 cm³/mol. The van der Waals surface area contributed by atoms with Gasteiger partial charge in [-0.15, -0.1) is 0 Å². The number of nitrogen functional groups attached to an aromatic ring is 1. The average molecular weight is 271 g/mol. The van der Waals surface area contributed by atoms with E-state index >= 15 is 0 Å². The molecule has 2 rings (SSSR count). The van der Waals surface area contributed by atoms with Crippen molar-refractivity contribution in [1.82, 2.24) is 4.90 Å². The van der Waals surface area contributed by atoms with Crippen LogP contribution < -0.4 is 5.73 Å². The van der Waals surface area contributed by atoms with Crippen LogP contribution in [0.2, 0.25) is 5.02 Å². The SMILES string of the molecule is COC1CN(Cc2cc(N)ccc2Cl)CC1OC. The minimum Gasteiger partial charge on any atom is -0.399 e. The van der Waals surface area contributed by atoms with E-state index in [0.29, 0.717) is 0 Å². The molecule has 1 aliphatic heterocycles. The van der Waals surface area contributed by atoms with Crippen molar-refractivity contribution >= 4 is 17.3 Å². The van der Waals surface area contributed by atoms with Gasteiger partial charge in [0.1, 0.15) is 0 Å². The topological polar surface area (TPSA) is 47.7 Å². The normalized spacial score (nSPS) is 24.6. The van der Waals surface area contributed by atoms with Gasteiger partial charge in [-0.3, -0.25) is 4.90 Å². The number of ether oxygens (including phenoxy) is 2. The van der Waals surface area contributed by atoms with E-state index < -0.39 is 0 Å². The first kappa shape index (κ1) is 13.6. The second-order valence-corrected chi connectivity index (χ2v) is 5.00. The maximum Gasteiger partial charge on any atom is 0.0971 e. The summed E-state index contributed by atoms with van der Waals surface area (Å²) in [7, 11) is 3.43. The third-order valence-electron chi connectivity index (χ3n) is 3.36. The fourth-order valence-corrected chi connectivity index (χ4v) is 2.53. The van der Waals surface area contributed by atoms with Gasteiger partial charge >= 0.3 is 0 Å². The van der Waals surface area contributed by atoms with Gasteiger partial charge < -0.3 is 15.2 Å². The molecule has 18 heavy (non-hydrogen) atoms. The van der Waals surface area contributed by atoms with Gasteiger partial charge in [0, 0.05) is 44.6 Å². The number of nitrogens with two attached hydrogens (primary N) is 1. The summed E-state index contributed by atoms with van der Waals surface area (Å²) in [5.41, 5.74) is 7.56. The molecule has 0 aliphatic carbocycles. The van der Waals surface area contributed by atoms with Crippen LogP contribution in [-0.2, 0) is 16.0 Å². The summed E-state index contributed by atoms with van der Waals surface area (Å²) < 4.78 is 10.8. The Bertz CT molecular complexity index is 402. The summed E-state index contributed by atoms with van der Waals surface area (Å²) in [6, 6.07) is 5.57. The van der Waals surface area contributed by atoms with Gasteiger partial charge in [0.15, 0.2) is 0 Å². The summed E-state index contributed by atoms with van der Waals surface area (Å²) >= 11 is 6.17. The van der Waals surface area contributed by atoms with E-state index in [0.717, 1.165) is 35.9 Å². The van der Waals surface area contributed by atoms with E-state index in [2.05, 4.69) is 4.90 Å². The molecule has 1 aromatic rings. The molecule has 1 saturated heterocycles. The van der Waals surface area contributed by atoms with Crippen LogP contribution >= 0.6 is 11.6 Å². The van der Waals surface area contributed by atoms with Crippen LogP contribution in [0, 0.1) is 0 Å². The second-order valence-electron chi connectivity index (χ2n) is 4.59. The summed E-state index contributed by atoms with van der Waals surface area (Å²) in [6.45, 7) is 2.46. The lowest BCUT2D eigenvalue weighted by Gasteiger charge is -2.16. The van der Waals surface area contributed by atoms with Gasteiger partial charge in [-0.05, 0) is 23.8 Å². The molecule has 0 saturated carbocycles. The summed E-state index contributed by atoms with van der Waals surface area (Å²) in [5, 5.41) is 0.749. The Morgan fingerprint density at radius 1 is 1.28 bits per heavy atom. The Kier molecular flexibility index (Phi) is 4.45. The van der Waals surface area contributed by atoms with E-state index in [1.807, 2.05) is 18.2 Å². The van der Waals surface area contributed by atoms with Crippen molar-refractivity contribution in [3.8, 4) is 0 Å². The molecule has 1 aromatic carbocycles. The zero-order chi connectivity index (χ0) is 13.1. The number of hydrogen-bond donors (Lipinski definition) is 1. The lowest BCUT2D eigenvalue weighted by molar-refractivity contribution is -0.00461. The summed E-state index contributed by atoms with van der Waals surface area (Å²) in [4.78, 5) is 2.27. The molecule has 0 aromatic heterocycles. The number of hydrogen-bond acceptors (Lipinski definition) is 4. The molecule has 1 aliphatic rings. The van der Waals surface area contributed by atoms with Gasteiger partial charge in [-0.25, -0.2) is 0 Å². The molecular weight excluding hydrogens is 252 g/mol. The number of benzene rings is 1. The van der Waals surface area contributed by atoms with Crippen molar-refractivity contribution in [2.75, 3.05) is 33.0 Å². The first-order valence-electron chi connectivity index (χ1n) is 5.96. The number of rotatable bonds is 4. The van der Waals surface area contributed by atoms with Crippen LogP contribution in [0.3, 0.4) is 0 Å². The van der Waals surface area contributed by atoms with Crippen molar-refractivity contribution in [2.24, 2.45) is 0 Å². The maximum atomic E-state index is 6.17. The molecule has 0 amide bonds. The monoisotopic (exact) mass is 270 g/mol. The van der Waals surface area contributed by atoms with Gasteiger partial charge in [0.2, 0.25) is 0 Å². The van der Waals surface area contributed by atoms with Crippen LogP contribution in [0.15, 0.2) is 18.2 Å². The van der Waals surface area contributed by atoms with E-state index in [-0.39, 0.29) is 12.2 Å². The van der Waals surface area contributed by atoms with E-state index in [4.69, 9.17) is 26.8 Å². The Hall–Kier alpha value is -0.810. The number of anilines is 1. The highest BCUT2D eigenvalue weighted by molar-refractivity contribution is 6.31. The van der Waals surface area contributed by atoms with Crippen molar-refractivity contribution in [3.63, 3.8) is 0 Å². The van der Waals surface area contributed by atoms with Crippen LogP contribution in [0.4, 0.5) is 5.69 Å². The largest absolute Gasteiger partial charge is 0.399 e.